The first-order chi connectivity index (χ1) is 14.8. The Morgan fingerprint density at radius 2 is 2.03 bits per heavy atom. The molecule has 2 aliphatic rings. The second-order valence-corrected chi connectivity index (χ2v) is 7.87. The van der Waals surface area contributed by atoms with E-state index in [4.69, 9.17) is 4.74 Å². The number of carbonyl (C=O) groups excluding carboxylic acids is 1. The van der Waals surface area contributed by atoms with Gasteiger partial charge in [-0.1, -0.05) is 6.07 Å². The van der Waals surface area contributed by atoms with Gasteiger partial charge in [-0.25, -0.2) is 4.98 Å². The topological polar surface area (TPSA) is 82.1 Å². The number of hydrogen-bond donors (Lipinski definition) is 2. The van der Waals surface area contributed by atoms with Crippen LogP contribution in [-0.4, -0.2) is 80.8 Å². The Bertz CT molecular complexity index is 663. The van der Waals surface area contributed by atoms with Crippen molar-refractivity contribution in [3.63, 3.8) is 0 Å². The van der Waals surface area contributed by atoms with E-state index in [1.165, 1.54) is 12.8 Å². The summed E-state index contributed by atoms with van der Waals surface area (Å²) in [7, 11) is 0. The van der Waals surface area contributed by atoms with Gasteiger partial charge in [-0.3, -0.25) is 9.79 Å². The van der Waals surface area contributed by atoms with Crippen LogP contribution in [-0.2, 0) is 9.53 Å². The number of anilines is 1. The lowest BCUT2D eigenvalue weighted by Gasteiger charge is -2.35. The Morgan fingerprint density at radius 1 is 1.23 bits per heavy atom. The zero-order valence-corrected chi connectivity index (χ0v) is 20.9. The van der Waals surface area contributed by atoms with Crippen molar-refractivity contribution in [1.29, 1.82) is 0 Å². The molecule has 1 saturated carbocycles. The van der Waals surface area contributed by atoms with Gasteiger partial charge in [0.15, 0.2) is 5.96 Å². The highest BCUT2D eigenvalue weighted by atomic mass is 127. The minimum atomic E-state index is 0. The summed E-state index contributed by atoms with van der Waals surface area (Å²) in [6.07, 6.45) is 5.85. The summed E-state index contributed by atoms with van der Waals surface area (Å²) in [4.78, 5) is 25.7. The molecule has 1 amide bonds. The number of aromatic nitrogens is 1. The van der Waals surface area contributed by atoms with Crippen LogP contribution in [0.1, 0.15) is 32.6 Å². The maximum Gasteiger partial charge on any atom is 0.224 e. The van der Waals surface area contributed by atoms with Gasteiger partial charge in [-0.15, -0.1) is 24.0 Å². The van der Waals surface area contributed by atoms with Gasteiger partial charge in [-0.2, -0.15) is 0 Å². The number of aliphatic imine (C=N–C) groups is 1. The molecule has 3 rings (SSSR count). The lowest BCUT2D eigenvalue weighted by Crippen LogP contribution is -2.49. The van der Waals surface area contributed by atoms with E-state index in [2.05, 4.69) is 25.5 Å². The first kappa shape index (κ1) is 25.6. The Hall–Kier alpha value is -1.62. The standard InChI is InChI=1S/C22H36N6O2.HI/c1-2-23-22(25-11-5-17-30-18-19-7-8-19)26-12-9-21(29)28-15-13-27(14-16-28)20-6-3-4-10-24-20;/h3-4,6,10,19H,2,5,7-9,11-18H2,1H3,(H2,23,25,26);1H. The molecule has 0 spiro atoms. The summed E-state index contributed by atoms with van der Waals surface area (Å²) in [6.45, 7) is 8.95. The van der Waals surface area contributed by atoms with E-state index in [1.807, 2.05) is 36.2 Å². The number of nitrogens with one attached hydrogen (secondary N) is 2. The summed E-state index contributed by atoms with van der Waals surface area (Å²) >= 11 is 0. The molecule has 0 atom stereocenters. The molecule has 1 saturated heterocycles. The molecule has 1 aliphatic heterocycles. The number of carbonyl (C=O) groups is 1. The summed E-state index contributed by atoms with van der Waals surface area (Å²) < 4.78 is 5.65. The molecule has 0 bridgehead atoms. The smallest absolute Gasteiger partial charge is 0.224 e. The van der Waals surface area contributed by atoms with Crippen LogP contribution in [0.3, 0.4) is 0 Å². The van der Waals surface area contributed by atoms with Crippen molar-refractivity contribution in [3.05, 3.63) is 24.4 Å². The number of piperazine rings is 1. The fourth-order valence-electron chi connectivity index (χ4n) is 3.41. The van der Waals surface area contributed by atoms with Gasteiger partial charge in [0.05, 0.1) is 0 Å². The Morgan fingerprint density at radius 3 is 2.71 bits per heavy atom. The van der Waals surface area contributed by atoms with Crippen LogP contribution in [0.15, 0.2) is 29.4 Å². The average molecular weight is 544 g/mol. The predicted octanol–water partition coefficient (Wildman–Crippen LogP) is 2.11. The lowest BCUT2D eigenvalue weighted by molar-refractivity contribution is -0.131. The van der Waals surface area contributed by atoms with E-state index in [9.17, 15) is 4.79 Å². The molecule has 31 heavy (non-hydrogen) atoms. The van der Waals surface area contributed by atoms with Crippen molar-refractivity contribution >= 4 is 41.7 Å². The maximum absolute atomic E-state index is 12.5. The number of pyridine rings is 1. The van der Waals surface area contributed by atoms with Crippen molar-refractivity contribution < 1.29 is 9.53 Å². The third-order valence-electron chi connectivity index (χ3n) is 5.35. The Balaban J connectivity index is 0.00000341. The van der Waals surface area contributed by atoms with E-state index in [0.29, 0.717) is 13.0 Å². The normalized spacial score (nSPS) is 16.6. The average Bonchev–Trinajstić information content (AvgIpc) is 3.61. The van der Waals surface area contributed by atoms with Crippen LogP contribution in [0.4, 0.5) is 5.82 Å². The second kappa shape index (κ2) is 14.4. The van der Waals surface area contributed by atoms with Gasteiger partial charge < -0.3 is 25.2 Å². The molecule has 0 unspecified atom stereocenters. The van der Waals surface area contributed by atoms with Crippen LogP contribution in [0.25, 0.3) is 0 Å². The van der Waals surface area contributed by atoms with E-state index in [0.717, 1.165) is 76.6 Å². The minimum absolute atomic E-state index is 0. The molecule has 2 N–H and O–H groups in total. The maximum atomic E-state index is 12.5. The van der Waals surface area contributed by atoms with Crippen LogP contribution < -0.4 is 15.5 Å². The molecule has 8 nitrogen and oxygen atoms in total. The number of amides is 1. The van der Waals surface area contributed by atoms with Gasteiger partial charge in [0.25, 0.3) is 0 Å². The fourth-order valence-corrected chi connectivity index (χ4v) is 3.41. The highest BCUT2D eigenvalue weighted by Crippen LogP contribution is 2.28. The summed E-state index contributed by atoms with van der Waals surface area (Å²) in [5.41, 5.74) is 0. The van der Waals surface area contributed by atoms with E-state index in [1.54, 1.807) is 0 Å². The third kappa shape index (κ3) is 9.59. The first-order valence-corrected chi connectivity index (χ1v) is 11.3. The molecule has 9 heteroatoms. The van der Waals surface area contributed by atoms with Gasteiger partial charge in [0, 0.05) is 71.6 Å². The van der Waals surface area contributed by atoms with Crippen LogP contribution in [0, 0.1) is 5.92 Å². The van der Waals surface area contributed by atoms with E-state index >= 15 is 0 Å². The molecule has 2 fully saturated rings. The highest BCUT2D eigenvalue weighted by Gasteiger charge is 2.22. The molecule has 1 aromatic rings. The third-order valence-corrected chi connectivity index (χ3v) is 5.35. The van der Waals surface area contributed by atoms with Gasteiger partial charge in [-0.05, 0) is 44.2 Å². The van der Waals surface area contributed by atoms with E-state index in [-0.39, 0.29) is 29.9 Å². The second-order valence-electron chi connectivity index (χ2n) is 7.87. The first-order valence-electron chi connectivity index (χ1n) is 11.3. The fraction of sp³-hybridized carbons (Fsp3) is 0.682. The molecular formula is C22H37IN6O2. The van der Waals surface area contributed by atoms with Gasteiger partial charge in [0.1, 0.15) is 5.82 Å². The molecule has 1 aliphatic carbocycles. The summed E-state index contributed by atoms with van der Waals surface area (Å²) in [6, 6.07) is 5.93. The van der Waals surface area contributed by atoms with Crippen molar-refractivity contribution in [1.82, 2.24) is 20.5 Å². The Kier molecular flexibility index (Phi) is 11.9. The van der Waals surface area contributed by atoms with Crippen molar-refractivity contribution in [3.8, 4) is 0 Å². The van der Waals surface area contributed by atoms with Crippen LogP contribution in [0.5, 0.6) is 0 Å². The molecular weight excluding hydrogens is 507 g/mol. The summed E-state index contributed by atoms with van der Waals surface area (Å²) in [5.74, 6) is 2.75. The summed E-state index contributed by atoms with van der Waals surface area (Å²) in [5, 5.41) is 6.51. The molecule has 174 valence electrons. The molecule has 1 aromatic heterocycles. The van der Waals surface area contributed by atoms with Crippen molar-refractivity contribution in [2.24, 2.45) is 10.9 Å². The SMILES string of the molecule is CCNC(=NCCCOCC1CC1)NCCC(=O)N1CCN(c2ccccn2)CC1.I. The number of halogens is 1. The number of guanidine groups is 1. The number of hydrogen-bond acceptors (Lipinski definition) is 5. The predicted molar refractivity (Wildman–Crippen MR) is 135 cm³/mol. The monoisotopic (exact) mass is 544 g/mol. The van der Waals surface area contributed by atoms with Crippen molar-refractivity contribution in [2.75, 3.05) is 63.9 Å². The van der Waals surface area contributed by atoms with Gasteiger partial charge in [0.2, 0.25) is 5.91 Å². The quantitative estimate of drug-likeness (QED) is 0.192. The minimum Gasteiger partial charge on any atom is -0.381 e. The van der Waals surface area contributed by atoms with E-state index < -0.39 is 0 Å². The Labute approximate surface area is 203 Å². The molecule has 2 heterocycles. The highest BCUT2D eigenvalue weighted by molar-refractivity contribution is 14.0. The zero-order valence-electron chi connectivity index (χ0n) is 18.6. The number of rotatable bonds is 11. The lowest BCUT2D eigenvalue weighted by atomic mass is 10.2. The van der Waals surface area contributed by atoms with Crippen molar-refractivity contribution in [2.45, 2.75) is 32.6 Å². The van der Waals surface area contributed by atoms with Crippen LogP contribution in [0.2, 0.25) is 0 Å². The van der Waals surface area contributed by atoms with Crippen LogP contribution >= 0.6 is 24.0 Å². The molecule has 0 radical (unpaired) electrons. The number of nitrogens with zero attached hydrogens (tertiary/aromatic N) is 4. The molecule has 0 aromatic carbocycles. The number of ether oxygens (including phenoxy) is 1. The zero-order chi connectivity index (χ0) is 21.0. The largest absolute Gasteiger partial charge is 0.381 e. The van der Waals surface area contributed by atoms with Gasteiger partial charge >= 0.3 is 0 Å².